The van der Waals surface area contributed by atoms with Crippen molar-refractivity contribution >= 4 is 0 Å². The highest BCUT2D eigenvalue weighted by molar-refractivity contribution is 5.29. The maximum absolute atomic E-state index is 6.25. The van der Waals surface area contributed by atoms with Gasteiger partial charge in [-0.25, -0.2) is 0 Å². The Morgan fingerprint density at radius 1 is 0.694 bits per heavy atom. The van der Waals surface area contributed by atoms with Gasteiger partial charge in [-0.1, -0.05) is 82.4 Å². The molecular weight excluding hydrogens is 436 g/mol. The highest BCUT2D eigenvalue weighted by atomic mass is 16.5. The van der Waals surface area contributed by atoms with Crippen molar-refractivity contribution in [1.29, 1.82) is 0 Å². The highest BCUT2D eigenvalue weighted by Crippen LogP contribution is 2.38. The largest absolute Gasteiger partial charge is 0.493 e. The topological polar surface area (TPSA) is 9.23 Å². The predicted molar refractivity (Wildman–Crippen MR) is 156 cm³/mol. The smallest absolute Gasteiger partial charge is 0.119 e. The van der Waals surface area contributed by atoms with Crippen molar-refractivity contribution in [2.75, 3.05) is 6.61 Å². The predicted octanol–water partition coefficient (Wildman–Crippen LogP) is 10.7. The van der Waals surface area contributed by atoms with Crippen molar-refractivity contribution in [2.24, 2.45) is 29.6 Å². The quantitative estimate of drug-likeness (QED) is 0.209. The Morgan fingerprint density at radius 2 is 1.44 bits per heavy atom. The number of hydrogen-bond acceptors (Lipinski definition) is 1. The SMILES string of the molecule is CCCCCC1CCC(c2ccc(OCC3CCC(C=CC4C=CC(CCC)CC4)CC3)cc2)CC1. The molecule has 0 heterocycles. The molecular formula is C35H54O. The van der Waals surface area contributed by atoms with Crippen LogP contribution in [0.5, 0.6) is 5.75 Å². The highest BCUT2D eigenvalue weighted by Gasteiger charge is 2.23. The van der Waals surface area contributed by atoms with E-state index in [1.165, 1.54) is 108 Å². The van der Waals surface area contributed by atoms with E-state index in [0.717, 1.165) is 41.9 Å². The van der Waals surface area contributed by atoms with Crippen LogP contribution in [-0.4, -0.2) is 6.61 Å². The minimum atomic E-state index is 0.683. The third kappa shape index (κ3) is 8.81. The van der Waals surface area contributed by atoms with Crippen LogP contribution < -0.4 is 4.74 Å². The normalized spacial score (nSPS) is 31.1. The molecule has 0 spiro atoms. The molecule has 1 nitrogen and oxygen atoms in total. The molecule has 0 aliphatic heterocycles. The lowest BCUT2D eigenvalue weighted by molar-refractivity contribution is 0.194. The second-order valence-corrected chi connectivity index (χ2v) is 12.4. The van der Waals surface area contributed by atoms with Crippen LogP contribution in [0.4, 0.5) is 0 Å². The number of allylic oxidation sites excluding steroid dienone is 4. The monoisotopic (exact) mass is 490 g/mol. The van der Waals surface area contributed by atoms with E-state index >= 15 is 0 Å². The molecule has 2 saturated carbocycles. The van der Waals surface area contributed by atoms with Crippen LogP contribution in [0.15, 0.2) is 48.6 Å². The molecule has 200 valence electrons. The Labute approximate surface area is 223 Å². The Bertz CT molecular complexity index is 773. The van der Waals surface area contributed by atoms with E-state index in [1.807, 2.05) is 0 Å². The average Bonchev–Trinajstić information content (AvgIpc) is 2.93. The molecule has 1 heteroatoms. The van der Waals surface area contributed by atoms with Gasteiger partial charge in [0.25, 0.3) is 0 Å². The minimum Gasteiger partial charge on any atom is -0.493 e. The molecule has 2 unspecified atom stereocenters. The number of unbranched alkanes of at least 4 members (excludes halogenated alkanes) is 2. The maximum Gasteiger partial charge on any atom is 0.119 e. The second kappa shape index (κ2) is 15.0. The molecule has 1 aromatic rings. The number of benzene rings is 1. The zero-order valence-corrected chi connectivity index (χ0v) is 23.5. The van der Waals surface area contributed by atoms with E-state index in [9.17, 15) is 0 Å². The average molecular weight is 491 g/mol. The molecule has 2 fully saturated rings. The molecule has 0 saturated heterocycles. The molecule has 36 heavy (non-hydrogen) atoms. The van der Waals surface area contributed by atoms with Crippen molar-refractivity contribution in [3.05, 3.63) is 54.1 Å². The lowest BCUT2D eigenvalue weighted by Gasteiger charge is -2.29. The van der Waals surface area contributed by atoms with Crippen LogP contribution in [0.1, 0.15) is 128 Å². The van der Waals surface area contributed by atoms with Gasteiger partial charge >= 0.3 is 0 Å². The van der Waals surface area contributed by atoms with E-state index in [0.29, 0.717) is 5.92 Å². The van der Waals surface area contributed by atoms with Gasteiger partial charge in [0.1, 0.15) is 5.75 Å². The fourth-order valence-electron chi connectivity index (χ4n) is 7.04. The molecule has 4 rings (SSSR count). The molecule has 3 aliphatic rings. The number of hydrogen-bond donors (Lipinski definition) is 0. The molecule has 0 aromatic heterocycles. The van der Waals surface area contributed by atoms with E-state index in [-0.39, 0.29) is 0 Å². The Kier molecular flexibility index (Phi) is 11.5. The van der Waals surface area contributed by atoms with Gasteiger partial charge in [-0.3, -0.25) is 0 Å². The maximum atomic E-state index is 6.25. The fourth-order valence-corrected chi connectivity index (χ4v) is 7.04. The van der Waals surface area contributed by atoms with Crippen molar-refractivity contribution in [1.82, 2.24) is 0 Å². The van der Waals surface area contributed by atoms with Crippen LogP contribution in [0, 0.1) is 29.6 Å². The summed E-state index contributed by atoms with van der Waals surface area (Å²) in [5, 5.41) is 0. The van der Waals surface area contributed by atoms with E-state index in [4.69, 9.17) is 4.74 Å². The summed E-state index contributed by atoms with van der Waals surface area (Å²) in [5.41, 5.74) is 1.54. The van der Waals surface area contributed by atoms with E-state index < -0.39 is 0 Å². The Hall–Kier alpha value is -1.50. The summed E-state index contributed by atoms with van der Waals surface area (Å²) in [6.07, 6.45) is 32.0. The summed E-state index contributed by atoms with van der Waals surface area (Å²) in [7, 11) is 0. The molecule has 0 N–H and O–H groups in total. The minimum absolute atomic E-state index is 0.683. The number of rotatable bonds is 12. The van der Waals surface area contributed by atoms with Gasteiger partial charge in [0.15, 0.2) is 0 Å². The van der Waals surface area contributed by atoms with Crippen LogP contribution in [0.25, 0.3) is 0 Å². The zero-order valence-electron chi connectivity index (χ0n) is 23.5. The molecule has 0 amide bonds. The van der Waals surface area contributed by atoms with E-state index in [2.05, 4.69) is 62.4 Å². The number of ether oxygens (including phenoxy) is 1. The summed E-state index contributed by atoms with van der Waals surface area (Å²) < 4.78 is 6.25. The van der Waals surface area contributed by atoms with Gasteiger partial charge < -0.3 is 4.74 Å². The zero-order chi connectivity index (χ0) is 25.0. The lowest BCUT2D eigenvalue weighted by atomic mass is 9.77. The molecule has 2 atom stereocenters. The van der Waals surface area contributed by atoms with Gasteiger partial charge in [-0.2, -0.15) is 0 Å². The second-order valence-electron chi connectivity index (χ2n) is 12.4. The summed E-state index contributed by atoms with van der Waals surface area (Å²) in [6.45, 7) is 5.51. The van der Waals surface area contributed by atoms with Gasteiger partial charge in [0.05, 0.1) is 6.61 Å². The molecule has 0 radical (unpaired) electrons. The first kappa shape index (κ1) is 27.5. The third-order valence-corrected chi connectivity index (χ3v) is 9.58. The Morgan fingerprint density at radius 3 is 2.11 bits per heavy atom. The third-order valence-electron chi connectivity index (χ3n) is 9.58. The molecule has 1 aromatic carbocycles. The molecule has 0 bridgehead atoms. The van der Waals surface area contributed by atoms with Gasteiger partial charge in [-0.05, 0) is 124 Å². The summed E-state index contributed by atoms with van der Waals surface area (Å²) in [4.78, 5) is 0. The standard InChI is InChI=1S/C35H54O/c1-3-5-6-8-29-19-21-33(22-20-29)34-23-25-35(26-24-34)36-27-32-17-15-31(16-18-32)14-13-30-11-9-28(7-4-2)10-12-30/h9,11,13-14,23-26,28-33H,3-8,10,12,15-22,27H2,1-2H3. The van der Waals surface area contributed by atoms with Crippen molar-refractivity contribution in [2.45, 2.75) is 122 Å². The van der Waals surface area contributed by atoms with Gasteiger partial charge in [0, 0.05) is 0 Å². The summed E-state index contributed by atoms with van der Waals surface area (Å²) in [6, 6.07) is 9.17. The van der Waals surface area contributed by atoms with Gasteiger partial charge in [0.2, 0.25) is 0 Å². The Balaban J connectivity index is 1.11. The lowest BCUT2D eigenvalue weighted by Crippen LogP contribution is -2.19. The first-order chi connectivity index (χ1) is 17.7. The van der Waals surface area contributed by atoms with Crippen LogP contribution >= 0.6 is 0 Å². The summed E-state index contributed by atoms with van der Waals surface area (Å²) >= 11 is 0. The van der Waals surface area contributed by atoms with Crippen LogP contribution in [0.2, 0.25) is 0 Å². The van der Waals surface area contributed by atoms with Crippen molar-refractivity contribution in [3.8, 4) is 5.75 Å². The van der Waals surface area contributed by atoms with Crippen LogP contribution in [0.3, 0.4) is 0 Å². The fraction of sp³-hybridized carbons (Fsp3) is 0.714. The van der Waals surface area contributed by atoms with Crippen molar-refractivity contribution in [3.63, 3.8) is 0 Å². The van der Waals surface area contributed by atoms with Crippen LogP contribution in [-0.2, 0) is 0 Å². The van der Waals surface area contributed by atoms with Gasteiger partial charge in [-0.15, -0.1) is 0 Å². The summed E-state index contributed by atoms with van der Waals surface area (Å²) in [5.74, 6) is 5.86. The van der Waals surface area contributed by atoms with Crippen molar-refractivity contribution < 1.29 is 4.74 Å². The van der Waals surface area contributed by atoms with E-state index in [1.54, 1.807) is 0 Å². The first-order valence-corrected chi connectivity index (χ1v) is 15.8. The first-order valence-electron chi connectivity index (χ1n) is 15.8. The molecule has 3 aliphatic carbocycles.